The van der Waals surface area contributed by atoms with E-state index in [4.69, 9.17) is 4.42 Å². The van der Waals surface area contributed by atoms with Crippen LogP contribution in [0.1, 0.15) is 16.1 Å². The van der Waals surface area contributed by atoms with Crippen molar-refractivity contribution in [2.45, 2.75) is 6.42 Å². The summed E-state index contributed by atoms with van der Waals surface area (Å²) in [5.41, 5.74) is -0.679. The zero-order valence-corrected chi connectivity index (χ0v) is 10.3. The quantitative estimate of drug-likeness (QED) is 0.671. The molecule has 1 aromatic carbocycles. The first kappa shape index (κ1) is 13.7. The van der Waals surface area contributed by atoms with Gasteiger partial charge in [0.05, 0.1) is 11.2 Å². The minimum Gasteiger partial charge on any atom is -0.469 e. The highest BCUT2D eigenvalue weighted by Crippen LogP contribution is 2.18. The average Bonchev–Trinajstić information content (AvgIpc) is 2.92. The third-order valence-electron chi connectivity index (χ3n) is 2.64. The van der Waals surface area contributed by atoms with Gasteiger partial charge in [-0.25, -0.2) is 0 Å². The summed E-state index contributed by atoms with van der Waals surface area (Å²) < 4.78 is 18.2. The first-order valence-electron chi connectivity index (χ1n) is 5.82. The number of furan rings is 1. The predicted molar refractivity (Wildman–Crippen MR) is 67.8 cm³/mol. The number of nitrogens with zero attached hydrogens (tertiary/aromatic N) is 1. The van der Waals surface area contributed by atoms with Crippen LogP contribution in [0.25, 0.3) is 0 Å². The number of hydrogen-bond acceptors (Lipinski definition) is 4. The van der Waals surface area contributed by atoms with Crippen LogP contribution in [0.4, 0.5) is 10.1 Å². The Balaban J connectivity index is 1.98. The van der Waals surface area contributed by atoms with Crippen LogP contribution in [0, 0.1) is 15.9 Å². The van der Waals surface area contributed by atoms with Crippen molar-refractivity contribution in [3.63, 3.8) is 0 Å². The lowest BCUT2D eigenvalue weighted by molar-refractivity contribution is -0.387. The van der Waals surface area contributed by atoms with Crippen LogP contribution in [0.2, 0.25) is 0 Å². The second-order valence-electron chi connectivity index (χ2n) is 4.01. The number of nitro groups is 1. The molecule has 0 saturated carbocycles. The molecule has 0 spiro atoms. The Labute approximate surface area is 113 Å². The van der Waals surface area contributed by atoms with Crippen molar-refractivity contribution < 1.29 is 18.5 Å². The molecular formula is C13H11FN2O4. The maximum atomic E-state index is 13.1. The molecule has 1 aromatic heterocycles. The zero-order chi connectivity index (χ0) is 14.5. The van der Waals surface area contributed by atoms with E-state index in [0.29, 0.717) is 13.0 Å². The molecule has 6 nitrogen and oxygen atoms in total. The van der Waals surface area contributed by atoms with Gasteiger partial charge >= 0.3 is 5.69 Å². The van der Waals surface area contributed by atoms with Crippen molar-refractivity contribution in [2.24, 2.45) is 0 Å². The molecule has 0 bridgehead atoms. The number of nitro benzene ring substituents is 1. The monoisotopic (exact) mass is 278 g/mol. The molecule has 0 saturated heterocycles. The lowest BCUT2D eigenvalue weighted by atomic mass is 10.2. The Hall–Kier alpha value is -2.70. The molecule has 1 amide bonds. The Bertz CT molecular complexity index is 625. The van der Waals surface area contributed by atoms with E-state index < -0.39 is 22.3 Å². The molecule has 0 aliphatic heterocycles. The number of carbonyl (C=O) groups is 1. The third kappa shape index (κ3) is 3.19. The standard InChI is InChI=1S/C13H11FN2O4/c14-11-4-3-9(8-12(11)16(18)19)13(17)15-6-5-10-2-1-7-20-10/h1-4,7-8H,5-6H2,(H,15,17). The van der Waals surface area contributed by atoms with Crippen molar-refractivity contribution in [1.82, 2.24) is 5.32 Å². The molecule has 0 atom stereocenters. The number of rotatable bonds is 5. The van der Waals surface area contributed by atoms with E-state index >= 15 is 0 Å². The fraction of sp³-hybridized carbons (Fsp3) is 0.154. The summed E-state index contributed by atoms with van der Waals surface area (Å²) in [5, 5.41) is 13.2. The highest BCUT2D eigenvalue weighted by atomic mass is 19.1. The summed E-state index contributed by atoms with van der Waals surface area (Å²) in [6.45, 7) is 0.317. The minimum atomic E-state index is -0.970. The van der Waals surface area contributed by atoms with Gasteiger partial charge in [0.15, 0.2) is 0 Å². The van der Waals surface area contributed by atoms with E-state index in [-0.39, 0.29) is 5.56 Å². The molecule has 2 aromatic rings. The first-order chi connectivity index (χ1) is 9.58. The van der Waals surface area contributed by atoms with Crippen LogP contribution >= 0.6 is 0 Å². The van der Waals surface area contributed by atoms with Gasteiger partial charge in [-0.1, -0.05) is 0 Å². The highest BCUT2D eigenvalue weighted by molar-refractivity contribution is 5.94. The molecule has 7 heteroatoms. The minimum absolute atomic E-state index is 0.0394. The molecule has 0 aliphatic carbocycles. The number of carbonyl (C=O) groups excluding carboxylic acids is 1. The molecule has 2 rings (SSSR count). The Morgan fingerprint density at radius 1 is 1.40 bits per heavy atom. The number of hydrogen-bond donors (Lipinski definition) is 1. The molecule has 0 fully saturated rings. The fourth-order valence-electron chi connectivity index (χ4n) is 1.65. The molecule has 20 heavy (non-hydrogen) atoms. The maximum Gasteiger partial charge on any atom is 0.305 e. The number of nitrogens with one attached hydrogen (secondary N) is 1. The lowest BCUT2D eigenvalue weighted by Gasteiger charge is -2.04. The SMILES string of the molecule is O=C(NCCc1ccco1)c1ccc(F)c([N+](=O)[O-])c1. The molecule has 1 heterocycles. The largest absolute Gasteiger partial charge is 0.469 e. The van der Waals surface area contributed by atoms with Crippen LogP contribution in [0.3, 0.4) is 0 Å². The van der Waals surface area contributed by atoms with Gasteiger partial charge in [0, 0.05) is 24.6 Å². The highest BCUT2D eigenvalue weighted by Gasteiger charge is 2.17. The predicted octanol–water partition coefficient (Wildman–Crippen LogP) is 2.30. The summed E-state index contributed by atoms with van der Waals surface area (Å²) >= 11 is 0. The molecule has 104 valence electrons. The van der Waals surface area contributed by atoms with Gasteiger partial charge in [-0.15, -0.1) is 0 Å². The van der Waals surface area contributed by atoms with E-state index in [1.165, 1.54) is 12.3 Å². The van der Waals surface area contributed by atoms with E-state index in [2.05, 4.69) is 5.32 Å². The van der Waals surface area contributed by atoms with Crippen LogP contribution in [-0.4, -0.2) is 17.4 Å². The fourth-order valence-corrected chi connectivity index (χ4v) is 1.65. The second kappa shape index (κ2) is 5.96. The van der Waals surface area contributed by atoms with Gasteiger partial charge in [-0.05, 0) is 24.3 Å². The lowest BCUT2D eigenvalue weighted by Crippen LogP contribution is -2.25. The Morgan fingerprint density at radius 2 is 2.20 bits per heavy atom. The van der Waals surface area contributed by atoms with Gasteiger partial charge < -0.3 is 9.73 Å². The van der Waals surface area contributed by atoms with Crippen molar-refractivity contribution in [3.05, 3.63) is 63.9 Å². The first-order valence-corrected chi connectivity index (χ1v) is 5.82. The summed E-state index contributed by atoms with van der Waals surface area (Å²) in [4.78, 5) is 21.5. The molecule has 0 radical (unpaired) electrons. The van der Waals surface area contributed by atoms with Crippen molar-refractivity contribution >= 4 is 11.6 Å². The Morgan fingerprint density at radius 3 is 2.85 bits per heavy atom. The molecular weight excluding hydrogens is 267 g/mol. The van der Waals surface area contributed by atoms with E-state index in [9.17, 15) is 19.3 Å². The van der Waals surface area contributed by atoms with Gasteiger partial charge in [0.2, 0.25) is 5.82 Å². The molecule has 1 N–H and O–H groups in total. The number of amides is 1. The molecule has 0 aliphatic rings. The summed E-state index contributed by atoms with van der Waals surface area (Å²) in [6.07, 6.45) is 2.03. The average molecular weight is 278 g/mol. The van der Waals surface area contributed by atoms with Crippen LogP contribution in [0.5, 0.6) is 0 Å². The van der Waals surface area contributed by atoms with Crippen molar-refractivity contribution in [3.8, 4) is 0 Å². The topological polar surface area (TPSA) is 85.4 Å². The summed E-state index contributed by atoms with van der Waals surface area (Å²) in [7, 11) is 0. The smallest absolute Gasteiger partial charge is 0.305 e. The van der Waals surface area contributed by atoms with Gasteiger partial charge in [0.1, 0.15) is 5.76 Å². The number of halogens is 1. The number of benzene rings is 1. The van der Waals surface area contributed by atoms with E-state index in [1.807, 2.05) is 0 Å². The second-order valence-corrected chi connectivity index (χ2v) is 4.01. The van der Waals surface area contributed by atoms with Gasteiger partial charge in [-0.2, -0.15) is 4.39 Å². The van der Waals surface area contributed by atoms with Crippen molar-refractivity contribution in [2.75, 3.05) is 6.54 Å². The van der Waals surface area contributed by atoms with Crippen LogP contribution in [0.15, 0.2) is 41.0 Å². The normalized spacial score (nSPS) is 10.2. The van der Waals surface area contributed by atoms with Crippen LogP contribution in [-0.2, 0) is 6.42 Å². The summed E-state index contributed by atoms with van der Waals surface area (Å²) in [6, 6.07) is 6.52. The molecule has 0 unspecified atom stereocenters. The zero-order valence-electron chi connectivity index (χ0n) is 10.3. The van der Waals surface area contributed by atoms with Gasteiger partial charge in [0.25, 0.3) is 5.91 Å². The van der Waals surface area contributed by atoms with E-state index in [1.54, 1.807) is 12.1 Å². The summed E-state index contributed by atoms with van der Waals surface area (Å²) in [5.74, 6) is -0.753. The maximum absolute atomic E-state index is 13.1. The Kier molecular flexibility index (Phi) is 4.09. The van der Waals surface area contributed by atoms with Crippen LogP contribution < -0.4 is 5.32 Å². The third-order valence-corrected chi connectivity index (χ3v) is 2.64. The van der Waals surface area contributed by atoms with Gasteiger partial charge in [-0.3, -0.25) is 14.9 Å². The van der Waals surface area contributed by atoms with Crippen molar-refractivity contribution in [1.29, 1.82) is 0 Å². The van der Waals surface area contributed by atoms with E-state index in [0.717, 1.165) is 17.9 Å².